The molecular formula is C19H29N2O2+. The first kappa shape index (κ1) is 16.3. The van der Waals surface area contributed by atoms with Gasteiger partial charge in [0.1, 0.15) is 12.3 Å². The fourth-order valence-corrected chi connectivity index (χ4v) is 3.93. The van der Waals surface area contributed by atoms with Gasteiger partial charge in [0, 0.05) is 18.7 Å². The molecule has 4 nitrogen and oxygen atoms in total. The van der Waals surface area contributed by atoms with Gasteiger partial charge in [-0.25, -0.2) is 0 Å². The van der Waals surface area contributed by atoms with E-state index in [9.17, 15) is 4.79 Å². The highest BCUT2D eigenvalue weighted by Crippen LogP contribution is 2.17. The van der Waals surface area contributed by atoms with E-state index in [2.05, 4.69) is 17.0 Å². The van der Waals surface area contributed by atoms with Gasteiger partial charge in [0.15, 0.2) is 0 Å². The maximum Gasteiger partial charge on any atom is 0.231 e. The van der Waals surface area contributed by atoms with Gasteiger partial charge in [-0.05, 0) is 56.4 Å². The molecule has 1 aromatic carbocycles. The van der Waals surface area contributed by atoms with Crippen LogP contribution in [0.4, 0.5) is 0 Å². The van der Waals surface area contributed by atoms with Crippen molar-refractivity contribution in [3.05, 3.63) is 29.8 Å². The molecule has 0 bridgehead atoms. The SMILES string of the molecule is COc1ccc(C[NH+]2CCC[C@H](C(=O)N3CCCCC3)C2)cc1. The van der Waals surface area contributed by atoms with Gasteiger partial charge < -0.3 is 14.5 Å². The predicted molar refractivity (Wildman–Crippen MR) is 90.5 cm³/mol. The number of ether oxygens (including phenoxy) is 1. The molecule has 1 amide bonds. The minimum Gasteiger partial charge on any atom is -0.497 e. The van der Waals surface area contributed by atoms with Gasteiger partial charge in [-0.2, -0.15) is 0 Å². The Labute approximate surface area is 139 Å². The molecule has 2 aliphatic rings. The first-order valence-electron chi connectivity index (χ1n) is 9.01. The van der Waals surface area contributed by atoms with Crippen molar-refractivity contribution in [1.82, 2.24) is 4.90 Å². The predicted octanol–water partition coefficient (Wildman–Crippen LogP) is 1.50. The molecule has 3 rings (SSSR count). The van der Waals surface area contributed by atoms with Crippen LogP contribution in [-0.4, -0.2) is 44.1 Å². The van der Waals surface area contributed by atoms with Crippen LogP contribution >= 0.6 is 0 Å². The number of benzene rings is 1. The second-order valence-electron chi connectivity index (χ2n) is 6.95. The zero-order valence-electron chi connectivity index (χ0n) is 14.2. The van der Waals surface area contributed by atoms with Gasteiger partial charge >= 0.3 is 0 Å². The summed E-state index contributed by atoms with van der Waals surface area (Å²) in [5, 5.41) is 0. The van der Waals surface area contributed by atoms with E-state index in [1.807, 2.05) is 12.1 Å². The lowest BCUT2D eigenvalue weighted by atomic mass is 9.95. The van der Waals surface area contributed by atoms with Crippen molar-refractivity contribution in [3.8, 4) is 5.75 Å². The third-order valence-electron chi connectivity index (χ3n) is 5.25. The molecule has 1 N–H and O–H groups in total. The maximum absolute atomic E-state index is 12.7. The van der Waals surface area contributed by atoms with Crippen LogP contribution in [0, 0.1) is 5.92 Å². The van der Waals surface area contributed by atoms with Crippen molar-refractivity contribution in [3.63, 3.8) is 0 Å². The lowest BCUT2D eigenvalue weighted by molar-refractivity contribution is -0.921. The topological polar surface area (TPSA) is 34.0 Å². The summed E-state index contributed by atoms with van der Waals surface area (Å²) in [6.45, 7) is 5.12. The molecule has 2 aliphatic heterocycles. The minimum atomic E-state index is 0.232. The Kier molecular flexibility index (Phi) is 5.55. The molecule has 0 aliphatic carbocycles. The van der Waals surface area contributed by atoms with Crippen molar-refractivity contribution in [2.75, 3.05) is 33.3 Å². The number of hydrogen-bond donors (Lipinski definition) is 1. The molecule has 2 saturated heterocycles. The van der Waals surface area contributed by atoms with Gasteiger partial charge in [-0.3, -0.25) is 4.79 Å². The molecule has 0 spiro atoms. The Bertz CT molecular complexity index is 509. The lowest BCUT2D eigenvalue weighted by Gasteiger charge is -2.34. The molecular weight excluding hydrogens is 288 g/mol. The van der Waals surface area contributed by atoms with E-state index in [0.717, 1.165) is 44.8 Å². The van der Waals surface area contributed by atoms with E-state index in [4.69, 9.17) is 4.74 Å². The Hall–Kier alpha value is -1.55. The molecule has 23 heavy (non-hydrogen) atoms. The van der Waals surface area contributed by atoms with Crippen molar-refractivity contribution in [1.29, 1.82) is 0 Å². The van der Waals surface area contributed by atoms with Crippen LogP contribution in [0.5, 0.6) is 5.75 Å². The average molecular weight is 317 g/mol. The van der Waals surface area contributed by atoms with Crippen molar-refractivity contribution < 1.29 is 14.4 Å². The summed E-state index contributed by atoms with van der Waals surface area (Å²) in [7, 11) is 1.70. The van der Waals surface area contributed by atoms with E-state index in [-0.39, 0.29) is 5.92 Å². The highest BCUT2D eigenvalue weighted by Gasteiger charge is 2.32. The molecule has 126 valence electrons. The number of hydrogen-bond acceptors (Lipinski definition) is 2. The normalized spacial score (nSPS) is 25.2. The fourth-order valence-electron chi connectivity index (χ4n) is 3.93. The van der Waals surface area contributed by atoms with Crippen molar-refractivity contribution in [2.24, 2.45) is 5.92 Å². The summed E-state index contributed by atoms with van der Waals surface area (Å²) in [6, 6.07) is 8.33. The van der Waals surface area contributed by atoms with E-state index in [1.165, 1.54) is 36.3 Å². The zero-order valence-corrected chi connectivity index (χ0v) is 14.2. The lowest BCUT2D eigenvalue weighted by Crippen LogP contribution is -3.12. The summed E-state index contributed by atoms with van der Waals surface area (Å²) < 4.78 is 5.22. The number of amides is 1. The molecule has 1 unspecified atom stereocenters. The van der Waals surface area contributed by atoms with Gasteiger partial charge in [0.25, 0.3) is 0 Å². The maximum atomic E-state index is 12.7. The molecule has 2 heterocycles. The molecule has 0 radical (unpaired) electrons. The molecule has 1 aromatic rings. The number of rotatable bonds is 4. The number of nitrogens with one attached hydrogen (secondary N) is 1. The molecule has 4 heteroatoms. The summed E-state index contributed by atoms with van der Waals surface area (Å²) in [6.07, 6.45) is 5.88. The summed E-state index contributed by atoms with van der Waals surface area (Å²) >= 11 is 0. The average Bonchev–Trinajstić information content (AvgIpc) is 2.63. The van der Waals surface area contributed by atoms with Crippen LogP contribution in [0.1, 0.15) is 37.7 Å². The van der Waals surface area contributed by atoms with E-state index < -0.39 is 0 Å². The number of carbonyl (C=O) groups excluding carboxylic acids is 1. The third-order valence-corrected chi connectivity index (χ3v) is 5.25. The Morgan fingerprint density at radius 2 is 1.91 bits per heavy atom. The Balaban J connectivity index is 1.55. The van der Waals surface area contributed by atoms with Crippen LogP contribution < -0.4 is 9.64 Å². The van der Waals surface area contributed by atoms with Gasteiger partial charge in [0.05, 0.1) is 26.1 Å². The van der Waals surface area contributed by atoms with Crippen LogP contribution in [0.2, 0.25) is 0 Å². The molecule has 0 aromatic heterocycles. The van der Waals surface area contributed by atoms with Crippen molar-refractivity contribution >= 4 is 5.91 Å². The number of methoxy groups -OCH3 is 1. The largest absolute Gasteiger partial charge is 0.497 e. The number of carbonyl (C=O) groups is 1. The van der Waals surface area contributed by atoms with Crippen molar-refractivity contribution in [2.45, 2.75) is 38.6 Å². The molecule has 0 saturated carbocycles. The van der Waals surface area contributed by atoms with Gasteiger partial charge in [-0.1, -0.05) is 0 Å². The van der Waals surface area contributed by atoms with E-state index in [0.29, 0.717) is 5.91 Å². The standard InChI is InChI=1S/C19H28N2O2/c1-23-18-9-7-16(8-10-18)14-20-11-5-6-17(15-20)19(22)21-12-3-2-4-13-21/h7-10,17H,2-6,11-15H2,1H3/p+1/t17-/m0/s1. The number of nitrogens with zero attached hydrogens (tertiary/aromatic N) is 1. The number of piperidine rings is 2. The Morgan fingerprint density at radius 1 is 1.17 bits per heavy atom. The minimum absolute atomic E-state index is 0.232. The first-order valence-corrected chi connectivity index (χ1v) is 9.01. The molecule has 2 atom stereocenters. The van der Waals surface area contributed by atoms with Crippen LogP contribution in [-0.2, 0) is 11.3 Å². The van der Waals surface area contributed by atoms with Crippen LogP contribution in [0.25, 0.3) is 0 Å². The monoisotopic (exact) mass is 317 g/mol. The zero-order chi connectivity index (χ0) is 16.1. The third kappa shape index (κ3) is 4.25. The van der Waals surface area contributed by atoms with Gasteiger partial charge in [-0.15, -0.1) is 0 Å². The van der Waals surface area contributed by atoms with Crippen LogP contribution in [0.3, 0.4) is 0 Å². The Morgan fingerprint density at radius 3 is 2.61 bits per heavy atom. The second-order valence-corrected chi connectivity index (χ2v) is 6.95. The summed E-state index contributed by atoms with van der Waals surface area (Å²) in [4.78, 5) is 16.4. The van der Waals surface area contributed by atoms with Crippen LogP contribution in [0.15, 0.2) is 24.3 Å². The van der Waals surface area contributed by atoms with E-state index >= 15 is 0 Å². The highest BCUT2D eigenvalue weighted by molar-refractivity contribution is 5.79. The summed E-state index contributed by atoms with van der Waals surface area (Å²) in [5.74, 6) is 1.55. The van der Waals surface area contributed by atoms with E-state index in [1.54, 1.807) is 7.11 Å². The number of quaternary nitrogens is 1. The summed E-state index contributed by atoms with van der Waals surface area (Å²) in [5.41, 5.74) is 1.33. The second kappa shape index (κ2) is 7.82. The quantitative estimate of drug-likeness (QED) is 0.913. The number of likely N-dealkylation sites (tertiary alicyclic amines) is 2. The fraction of sp³-hybridized carbons (Fsp3) is 0.632. The smallest absolute Gasteiger partial charge is 0.231 e. The first-order chi connectivity index (χ1) is 11.3. The molecule has 2 fully saturated rings. The van der Waals surface area contributed by atoms with Gasteiger partial charge in [0.2, 0.25) is 5.91 Å². The highest BCUT2D eigenvalue weighted by atomic mass is 16.5.